The van der Waals surface area contributed by atoms with Crippen LogP contribution in [0.25, 0.3) is 0 Å². The van der Waals surface area contributed by atoms with Gasteiger partial charge in [0.1, 0.15) is 0 Å². The Bertz CT molecular complexity index is 258. The quantitative estimate of drug-likeness (QED) is 0.431. The van der Waals surface area contributed by atoms with Gasteiger partial charge in [-0.3, -0.25) is 0 Å². The van der Waals surface area contributed by atoms with Gasteiger partial charge in [0.25, 0.3) is 0 Å². The van der Waals surface area contributed by atoms with Crippen molar-refractivity contribution in [3.63, 3.8) is 0 Å². The molecule has 0 bridgehead atoms. The van der Waals surface area contributed by atoms with Gasteiger partial charge < -0.3 is 0 Å². The zero-order valence-electron chi connectivity index (χ0n) is 9.93. The first-order valence-corrected chi connectivity index (χ1v) is 5.15. The minimum Gasteiger partial charge on any atom is -0.0961 e. The molecule has 0 atom stereocenters. The van der Waals surface area contributed by atoms with E-state index < -0.39 is 0 Å². The molecule has 0 heteroatoms. The van der Waals surface area contributed by atoms with Crippen molar-refractivity contribution in [2.24, 2.45) is 0 Å². The topological polar surface area (TPSA) is 0 Å². The van der Waals surface area contributed by atoms with Gasteiger partial charge in [0, 0.05) is 0 Å². The van der Waals surface area contributed by atoms with E-state index in [0.29, 0.717) is 0 Å². The number of hydrogen-bond acceptors (Lipinski definition) is 0. The smallest absolute Gasteiger partial charge is 0.0285 e. The second-order valence-electron chi connectivity index (χ2n) is 4.04. The van der Waals surface area contributed by atoms with Crippen LogP contribution < -0.4 is 0 Å². The number of rotatable bonds is 5. The molecule has 0 saturated carbocycles. The molecule has 0 unspecified atom stereocenters. The van der Waals surface area contributed by atoms with E-state index in [1.165, 1.54) is 11.1 Å². The predicted octanol–water partition coefficient (Wildman–Crippen LogP) is 4.81. The Morgan fingerprint density at radius 3 is 2.29 bits per heavy atom. The lowest BCUT2D eigenvalue weighted by Crippen LogP contribution is -1.76. The average molecular weight is 190 g/mol. The normalized spacial score (nSPS) is 11.9. The number of hydrogen-bond donors (Lipinski definition) is 0. The lowest BCUT2D eigenvalue weighted by molar-refractivity contribution is 0.967. The summed E-state index contributed by atoms with van der Waals surface area (Å²) >= 11 is 0. The Kier molecular flexibility index (Phi) is 6.82. The molecular weight excluding hydrogens is 168 g/mol. The summed E-state index contributed by atoms with van der Waals surface area (Å²) in [5.74, 6) is 0. The first kappa shape index (κ1) is 13.0. The van der Waals surface area contributed by atoms with Crippen molar-refractivity contribution < 1.29 is 0 Å². The maximum Gasteiger partial charge on any atom is -0.0285 e. The molecule has 14 heavy (non-hydrogen) atoms. The first-order valence-electron chi connectivity index (χ1n) is 5.15. The van der Waals surface area contributed by atoms with Crippen LogP contribution in [0.1, 0.15) is 40.5 Å². The summed E-state index contributed by atoms with van der Waals surface area (Å²) in [5.41, 5.74) is 3.91. The van der Waals surface area contributed by atoms with Gasteiger partial charge in [-0.25, -0.2) is 0 Å². The molecule has 0 nitrogen and oxygen atoms in total. The fourth-order valence-corrected chi connectivity index (χ4v) is 1.05. The van der Waals surface area contributed by atoms with E-state index in [1.807, 2.05) is 13.0 Å². The highest BCUT2D eigenvalue weighted by atomic mass is 13.9. The second kappa shape index (κ2) is 7.37. The monoisotopic (exact) mass is 190 g/mol. The van der Waals surface area contributed by atoms with Crippen molar-refractivity contribution >= 4 is 0 Å². The van der Waals surface area contributed by atoms with E-state index in [2.05, 4.69) is 45.6 Å². The first-order chi connectivity index (χ1) is 6.52. The third kappa shape index (κ3) is 9.05. The summed E-state index contributed by atoms with van der Waals surface area (Å²) in [6.07, 6.45) is 10.8. The van der Waals surface area contributed by atoms with Gasteiger partial charge in [-0.2, -0.15) is 0 Å². The largest absolute Gasteiger partial charge is 0.0961 e. The van der Waals surface area contributed by atoms with E-state index in [0.717, 1.165) is 18.4 Å². The van der Waals surface area contributed by atoms with Crippen molar-refractivity contribution in [1.29, 1.82) is 0 Å². The maximum absolute atomic E-state index is 3.81. The SMILES string of the molecule is C=C(C)C=CC=C(C)CCC=C(C)C. The molecule has 0 aliphatic heterocycles. The van der Waals surface area contributed by atoms with Crippen LogP contribution >= 0.6 is 0 Å². The van der Waals surface area contributed by atoms with E-state index in [-0.39, 0.29) is 0 Å². The summed E-state index contributed by atoms with van der Waals surface area (Å²) in [6, 6.07) is 0. The zero-order chi connectivity index (χ0) is 11.0. The molecule has 0 spiro atoms. The minimum atomic E-state index is 1.10. The fraction of sp³-hybridized carbons (Fsp3) is 0.429. The molecule has 0 amide bonds. The van der Waals surface area contributed by atoms with Crippen LogP contribution in [0, 0.1) is 0 Å². The Labute approximate surface area is 88.7 Å². The van der Waals surface area contributed by atoms with Crippen LogP contribution in [-0.4, -0.2) is 0 Å². The van der Waals surface area contributed by atoms with Gasteiger partial charge in [-0.15, -0.1) is 0 Å². The predicted molar refractivity (Wildman–Crippen MR) is 66.4 cm³/mol. The molecular formula is C14H22. The van der Waals surface area contributed by atoms with Crippen molar-refractivity contribution in [2.45, 2.75) is 40.5 Å². The molecule has 0 saturated heterocycles. The van der Waals surface area contributed by atoms with Crippen molar-refractivity contribution in [3.05, 3.63) is 47.6 Å². The van der Waals surface area contributed by atoms with Crippen molar-refractivity contribution in [3.8, 4) is 0 Å². The average Bonchev–Trinajstić information content (AvgIpc) is 2.02. The lowest BCUT2D eigenvalue weighted by atomic mass is 10.1. The molecule has 0 radical (unpaired) electrons. The van der Waals surface area contributed by atoms with Crippen LogP contribution in [-0.2, 0) is 0 Å². The Balaban J connectivity index is 3.90. The minimum absolute atomic E-state index is 1.10. The molecule has 0 fully saturated rings. The Hall–Kier alpha value is -1.04. The summed E-state index contributed by atoms with van der Waals surface area (Å²) in [6.45, 7) is 12.3. The van der Waals surface area contributed by atoms with Gasteiger partial charge >= 0.3 is 0 Å². The van der Waals surface area contributed by atoms with Crippen LogP contribution in [0.5, 0.6) is 0 Å². The molecule has 0 aromatic carbocycles. The third-order valence-electron chi connectivity index (χ3n) is 1.85. The van der Waals surface area contributed by atoms with E-state index in [9.17, 15) is 0 Å². The van der Waals surface area contributed by atoms with Gasteiger partial charge in [-0.1, -0.05) is 47.6 Å². The molecule has 78 valence electrons. The molecule has 0 N–H and O–H groups in total. The summed E-state index contributed by atoms with van der Waals surface area (Å²) < 4.78 is 0. The highest BCUT2D eigenvalue weighted by Gasteiger charge is 1.86. The highest BCUT2D eigenvalue weighted by Crippen LogP contribution is 2.06. The molecule has 0 rings (SSSR count). The second-order valence-corrected chi connectivity index (χ2v) is 4.04. The molecule has 0 aromatic heterocycles. The van der Waals surface area contributed by atoms with E-state index in [1.54, 1.807) is 0 Å². The van der Waals surface area contributed by atoms with Crippen LogP contribution in [0.2, 0.25) is 0 Å². The van der Waals surface area contributed by atoms with Gasteiger partial charge in [0.15, 0.2) is 0 Å². The summed E-state index contributed by atoms with van der Waals surface area (Å²) in [7, 11) is 0. The summed E-state index contributed by atoms with van der Waals surface area (Å²) in [5, 5.41) is 0. The Morgan fingerprint density at radius 1 is 1.14 bits per heavy atom. The number of allylic oxidation sites excluding steroid dienone is 7. The molecule has 0 aliphatic carbocycles. The Morgan fingerprint density at radius 2 is 1.79 bits per heavy atom. The van der Waals surface area contributed by atoms with E-state index >= 15 is 0 Å². The van der Waals surface area contributed by atoms with Crippen LogP contribution in [0.15, 0.2) is 47.6 Å². The van der Waals surface area contributed by atoms with E-state index in [4.69, 9.17) is 0 Å². The van der Waals surface area contributed by atoms with Crippen molar-refractivity contribution in [1.82, 2.24) is 0 Å². The third-order valence-corrected chi connectivity index (χ3v) is 1.85. The highest BCUT2D eigenvalue weighted by molar-refractivity contribution is 5.19. The van der Waals surface area contributed by atoms with Crippen molar-refractivity contribution in [2.75, 3.05) is 0 Å². The van der Waals surface area contributed by atoms with Crippen LogP contribution in [0.3, 0.4) is 0 Å². The lowest BCUT2D eigenvalue weighted by Gasteiger charge is -1.96. The molecule has 0 heterocycles. The summed E-state index contributed by atoms with van der Waals surface area (Å²) in [4.78, 5) is 0. The molecule has 0 aromatic rings. The zero-order valence-corrected chi connectivity index (χ0v) is 9.93. The molecule has 0 aliphatic rings. The maximum atomic E-state index is 3.81. The van der Waals surface area contributed by atoms with Gasteiger partial charge in [0.05, 0.1) is 0 Å². The van der Waals surface area contributed by atoms with Gasteiger partial charge in [-0.05, 0) is 40.5 Å². The standard InChI is InChI=1S/C14H22/c1-12(2)8-6-10-14(5)11-7-9-13(3)4/h6,8-10H,1,7,11H2,2-5H3. The van der Waals surface area contributed by atoms with Gasteiger partial charge in [0.2, 0.25) is 0 Å². The fourth-order valence-electron chi connectivity index (χ4n) is 1.05. The van der Waals surface area contributed by atoms with Crippen LogP contribution in [0.4, 0.5) is 0 Å².